The van der Waals surface area contributed by atoms with Crippen molar-refractivity contribution in [2.24, 2.45) is 11.1 Å². The molecule has 0 aliphatic rings. The minimum absolute atomic E-state index is 0.118. The summed E-state index contributed by atoms with van der Waals surface area (Å²) in [6.45, 7) is 6.41. The van der Waals surface area contributed by atoms with E-state index in [2.05, 4.69) is 26.1 Å². The summed E-state index contributed by atoms with van der Waals surface area (Å²) in [7, 11) is -3.45. The summed E-state index contributed by atoms with van der Waals surface area (Å²) in [6, 6.07) is 7.68. The third-order valence-corrected chi connectivity index (χ3v) is 3.45. The van der Waals surface area contributed by atoms with Crippen molar-refractivity contribution in [3.63, 3.8) is 0 Å². The van der Waals surface area contributed by atoms with E-state index in [0.29, 0.717) is 17.5 Å². The molecule has 4 nitrogen and oxygen atoms in total. The molecule has 96 valence electrons. The number of nitrogens with two attached hydrogens (primary N) is 1. The van der Waals surface area contributed by atoms with Gasteiger partial charge in [0.15, 0.2) is 0 Å². The van der Waals surface area contributed by atoms with Gasteiger partial charge in [0.2, 0.25) is 10.0 Å². The Morgan fingerprint density at radius 3 is 2.12 bits per heavy atom. The van der Waals surface area contributed by atoms with Gasteiger partial charge in [0.1, 0.15) is 0 Å². The highest BCUT2D eigenvalue weighted by molar-refractivity contribution is 7.88. The average molecular weight is 256 g/mol. The van der Waals surface area contributed by atoms with Crippen LogP contribution in [0.25, 0.3) is 0 Å². The molecule has 0 aliphatic carbocycles. The summed E-state index contributed by atoms with van der Waals surface area (Å²) < 4.78 is 21.8. The standard InChI is InChI=1S/C12H20N2O2S/c1-9(2)10(3)14-12-6-4-11(5-7-12)8-17(13,15)16/h4-7,9-10,14H,8H2,1-3H3,(H2,13,15,16). The van der Waals surface area contributed by atoms with Crippen LogP contribution in [0.15, 0.2) is 24.3 Å². The van der Waals surface area contributed by atoms with Gasteiger partial charge in [0.05, 0.1) is 5.75 Å². The van der Waals surface area contributed by atoms with Crippen LogP contribution >= 0.6 is 0 Å². The molecule has 0 saturated heterocycles. The van der Waals surface area contributed by atoms with E-state index in [-0.39, 0.29) is 5.75 Å². The number of primary sulfonamides is 1. The first-order valence-corrected chi connectivity index (χ1v) is 7.35. The lowest BCUT2D eigenvalue weighted by Crippen LogP contribution is -2.21. The first-order chi connectivity index (χ1) is 7.78. The first-order valence-electron chi connectivity index (χ1n) is 5.64. The fourth-order valence-electron chi connectivity index (χ4n) is 1.36. The average Bonchev–Trinajstić information content (AvgIpc) is 2.18. The third kappa shape index (κ3) is 5.19. The van der Waals surface area contributed by atoms with Crippen LogP contribution in [0, 0.1) is 5.92 Å². The van der Waals surface area contributed by atoms with Crippen LogP contribution in [-0.2, 0) is 15.8 Å². The molecule has 0 aromatic heterocycles. The zero-order chi connectivity index (χ0) is 13.1. The SMILES string of the molecule is CC(C)C(C)Nc1ccc(CS(N)(=O)=O)cc1. The molecule has 0 radical (unpaired) electrons. The number of anilines is 1. The monoisotopic (exact) mass is 256 g/mol. The van der Waals surface area contributed by atoms with Crippen LogP contribution in [0.5, 0.6) is 0 Å². The van der Waals surface area contributed by atoms with Crippen LogP contribution in [0.3, 0.4) is 0 Å². The molecule has 1 atom stereocenters. The van der Waals surface area contributed by atoms with Gasteiger partial charge in [-0.1, -0.05) is 26.0 Å². The maximum atomic E-state index is 10.9. The second-order valence-corrected chi connectivity index (χ2v) is 6.30. The molecule has 0 heterocycles. The minimum atomic E-state index is -3.45. The summed E-state index contributed by atoms with van der Waals surface area (Å²) >= 11 is 0. The first kappa shape index (κ1) is 14.0. The Bertz CT molecular complexity index is 452. The summed E-state index contributed by atoms with van der Waals surface area (Å²) in [4.78, 5) is 0. The van der Waals surface area contributed by atoms with E-state index < -0.39 is 10.0 Å². The summed E-state index contributed by atoms with van der Waals surface area (Å²) in [5, 5.41) is 8.33. The zero-order valence-corrected chi connectivity index (χ0v) is 11.3. The van der Waals surface area contributed by atoms with Crippen LogP contribution < -0.4 is 10.5 Å². The van der Waals surface area contributed by atoms with Crippen molar-refractivity contribution in [1.29, 1.82) is 0 Å². The summed E-state index contributed by atoms with van der Waals surface area (Å²) in [5.74, 6) is 0.423. The van der Waals surface area contributed by atoms with Gasteiger partial charge in [-0.2, -0.15) is 0 Å². The number of sulfonamides is 1. The molecular weight excluding hydrogens is 236 g/mol. The van der Waals surface area contributed by atoms with Crippen LogP contribution in [0.4, 0.5) is 5.69 Å². The van der Waals surface area contributed by atoms with Crippen LogP contribution in [-0.4, -0.2) is 14.5 Å². The van der Waals surface area contributed by atoms with Crippen molar-refractivity contribution < 1.29 is 8.42 Å². The number of hydrogen-bond donors (Lipinski definition) is 2. The predicted octanol–water partition coefficient (Wildman–Crippen LogP) is 1.93. The minimum Gasteiger partial charge on any atom is -0.382 e. The molecule has 0 spiro atoms. The Balaban J connectivity index is 2.68. The molecule has 0 fully saturated rings. The maximum Gasteiger partial charge on any atom is 0.213 e. The van der Waals surface area contributed by atoms with Crippen molar-refractivity contribution in [2.75, 3.05) is 5.32 Å². The molecule has 1 aromatic carbocycles. The van der Waals surface area contributed by atoms with Gasteiger partial charge >= 0.3 is 0 Å². The van der Waals surface area contributed by atoms with E-state index in [0.717, 1.165) is 5.69 Å². The molecule has 0 amide bonds. The zero-order valence-electron chi connectivity index (χ0n) is 10.5. The highest BCUT2D eigenvalue weighted by Gasteiger charge is 2.07. The lowest BCUT2D eigenvalue weighted by Gasteiger charge is -2.18. The third-order valence-electron chi connectivity index (χ3n) is 2.72. The second-order valence-electron chi connectivity index (χ2n) is 4.68. The molecule has 1 unspecified atom stereocenters. The van der Waals surface area contributed by atoms with Crippen molar-refractivity contribution in [2.45, 2.75) is 32.6 Å². The van der Waals surface area contributed by atoms with Gasteiger partial charge in [-0.15, -0.1) is 0 Å². The second kappa shape index (κ2) is 5.51. The summed E-state index contributed by atoms with van der Waals surface area (Å²) in [6.07, 6.45) is 0. The van der Waals surface area contributed by atoms with Gasteiger partial charge in [0, 0.05) is 11.7 Å². The molecule has 0 saturated carbocycles. The highest BCUT2D eigenvalue weighted by atomic mass is 32.2. The normalized spacial score (nSPS) is 13.7. The van der Waals surface area contributed by atoms with E-state index >= 15 is 0 Å². The lowest BCUT2D eigenvalue weighted by atomic mass is 10.1. The van der Waals surface area contributed by atoms with Crippen molar-refractivity contribution in [3.05, 3.63) is 29.8 Å². The number of nitrogens with one attached hydrogen (secondary N) is 1. The van der Waals surface area contributed by atoms with E-state index in [4.69, 9.17) is 5.14 Å². The van der Waals surface area contributed by atoms with Crippen molar-refractivity contribution >= 4 is 15.7 Å². The fourth-order valence-corrected chi connectivity index (χ4v) is 2.02. The van der Waals surface area contributed by atoms with Gasteiger partial charge in [-0.3, -0.25) is 0 Å². The van der Waals surface area contributed by atoms with E-state index in [9.17, 15) is 8.42 Å². The smallest absolute Gasteiger partial charge is 0.213 e. The Labute approximate surface area is 103 Å². The van der Waals surface area contributed by atoms with Gasteiger partial charge in [0.25, 0.3) is 0 Å². The molecular formula is C12H20N2O2S. The van der Waals surface area contributed by atoms with E-state index in [1.54, 1.807) is 12.1 Å². The predicted molar refractivity (Wildman–Crippen MR) is 71.2 cm³/mol. The van der Waals surface area contributed by atoms with E-state index in [1.165, 1.54) is 0 Å². The number of rotatable bonds is 5. The molecule has 3 N–H and O–H groups in total. The van der Waals surface area contributed by atoms with Crippen LogP contribution in [0.2, 0.25) is 0 Å². The van der Waals surface area contributed by atoms with Crippen molar-refractivity contribution in [1.82, 2.24) is 0 Å². The topological polar surface area (TPSA) is 72.2 Å². The van der Waals surface area contributed by atoms with Crippen molar-refractivity contribution in [3.8, 4) is 0 Å². The number of benzene rings is 1. The molecule has 17 heavy (non-hydrogen) atoms. The van der Waals surface area contributed by atoms with Gasteiger partial charge in [-0.25, -0.2) is 13.6 Å². The Morgan fingerprint density at radius 2 is 1.71 bits per heavy atom. The fraction of sp³-hybridized carbons (Fsp3) is 0.500. The number of hydrogen-bond acceptors (Lipinski definition) is 3. The largest absolute Gasteiger partial charge is 0.382 e. The van der Waals surface area contributed by atoms with Crippen LogP contribution in [0.1, 0.15) is 26.3 Å². The molecule has 0 bridgehead atoms. The summed E-state index contributed by atoms with van der Waals surface area (Å²) in [5.41, 5.74) is 1.69. The lowest BCUT2D eigenvalue weighted by molar-refractivity contribution is 0.560. The van der Waals surface area contributed by atoms with Gasteiger partial charge in [-0.05, 0) is 30.5 Å². The Morgan fingerprint density at radius 1 is 1.18 bits per heavy atom. The maximum absolute atomic E-state index is 10.9. The highest BCUT2D eigenvalue weighted by Crippen LogP contribution is 2.14. The molecule has 0 aliphatic heterocycles. The van der Waals surface area contributed by atoms with E-state index in [1.807, 2.05) is 12.1 Å². The molecule has 1 rings (SSSR count). The molecule has 5 heteroatoms. The Hall–Kier alpha value is -1.07. The molecule has 1 aromatic rings. The van der Waals surface area contributed by atoms with Gasteiger partial charge < -0.3 is 5.32 Å². The Kier molecular flexibility index (Phi) is 4.54. The quantitative estimate of drug-likeness (QED) is 0.845.